The fraction of sp³-hybridized carbons (Fsp3) is 0.333. The molecular formula is C15H16BrN3O2. The Morgan fingerprint density at radius 1 is 1.52 bits per heavy atom. The minimum Gasteiger partial charge on any atom is -0.495 e. The van der Waals surface area contributed by atoms with Crippen LogP contribution in [-0.4, -0.2) is 22.8 Å². The summed E-state index contributed by atoms with van der Waals surface area (Å²) in [5, 5.41) is 7.10. The number of carbonyl (C=O) groups is 1. The Balaban J connectivity index is 1.69. The van der Waals surface area contributed by atoms with E-state index in [1.165, 1.54) is 0 Å². The predicted octanol–water partition coefficient (Wildman–Crippen LogP) is 2.93. The minimum atomic E-state index is 0.0119. The van der Waals surface area contributed by atoms with Crippen molar-refractivity contribution in [2.24, 2.45) is 13.0 Å². The zero-order valence-corrected chi connectivity index (χ0v) is 13.4. The second-order valence-corrected chi connectivity index (χ2v) is 6.15. The van der Waals surface area contributed by atoms with Gasteiger partial charge in [-0.2, -0.15) is 5.10 Å². The van der Waals surface area contributed by atoms with Crippen molar-refractivity contribution in [2.45, 2.75) is 12.3 Å². The maximum absolute atomic E-state index is 12.3. The zero-order chi connectivity index (χ0) is 15.0. The summed E-state index contributed by atoms with van der Waals surface area (Å²) in [5.74, 6) is 0.972. The smallest absolute Gasteiger partial charge is 0.228 e. The van der Waals surface area contributed by atoms with E-state index in [-0.39, 0.29) is 17.7 Å². The number of nitrogens with zero attached hydrogens (tertiary/aromatic N) is 2. The van der Waals surface area contributed by atoms with Gasteiger partial charge in [-0.05, 0) is 36.1 Å². The average molecular weight is 350 g/mol. The van der Waals surface area contributed by atoms with Crippen LogP contribution in [0.15, 0.2) is 35.1 Å². The molecule has 1 saturated carbocycles. The van der Waals surface area contributed by atoms with Crippen molar-refractivity contribution in [3.63, 3.8) is 0 Å². The number of rotatable bonds is 4. The normalized spacial score (nSPS) is 20.1. The molecule has 0 saturated heterocycles. The molecule has 1 amide bonds. The maximum Gasteiger partial charge on any atom is 0.228 e. The Labute approximate surface area is 131 Å². The molecule has 1 N–H and O–H groups in total. The molecule has 0 spiro atoms. The van der Waals surface area contributed by atoms with Gasteiger partial charge in [-0.15, -0.1) is 0 Å². The Morgan fingerprint density at radius 3 is 3.00 bits per heavy atom. The van der Waals surface area contributed by atoms with E-state index in [0.717, 1.165) is 16.5 Å². The Kier molecular flexibility index (Phi) is 3.71. The molecule has 3 rings (SSSR count). The van der Waals surface area contributed by atoms with Gasteiger partial charge in [-0.3, -0.25) is 9.48 Å². The van der Waals surface area contributed by atoms with Crippen molar-refractivity contribution in [3.8, 4) is 5.75 Å². The summed E-state index contributed by atoms with van der Waals surface area (Å²) in [4.78, 5) is 12.3. The van der Waals surface area contributed by atoms with E-state index in [0.29, 0.717) is 11.4 Å². The summed E-state index contributed by atoms with van der Waals surface area (Å²) in [5.41, 5.74) is 1.81. The Bertz CT molecular complexity index is 683. The fourth-order valence-corrected chi connectivity index (χ4v) is 2.85. The van der Waals surface area contributed by atoms with Crippen LogP contribution >= 0.6 is 15.9 Å². The molecule has 0 bridgehead atoms. The monoisotopic (exact) mass is 349 g/mol. The summed E-state index contributed by atoms with van der Waals surface area (Å²) >= 11 is 3.40. The third kappa shape index (κ3) is 2.95. The van der Waals surface area contributed by atoms with Crippen molar-refractivity contribution in [1.82, 2.24) is 9.78 Å². The molecule has 0 aliphatic heterocycles. The van der Waals surface area contributed by atoms with Crippen LogP contribution < -0.4 is 10.1 Å². The average Bonchev–Trinajstić information content (AvgIpc) is 3.14. The van der Waals surface area contributed by atoms with Gasteiger partial charge in [0.2, 0.25) is 5.91 Å². The molecule has 2 aromatic rings. The summed E-state index contributed by atoms with van der Waals surface area (Å²) in [6, 6.07) is 5.55. The van der Waals surface area contributed by atoms with Gasteiger partial charge < -0.3 is 10.1 Å². The lowest BCUT2D eigenvalue weighted by Crippen LogP contribution is -2.15. The van der Waals surface area contributed by atoms with Crippen molar-refractivity contribution < 1.29 is 9.53 Å². The highest BCUT2D eigenvalue weighted by molar-refractivity contribution is 9.10. The highest BCUT2D eigenvalue weighted by atomic mass is 79.9. The van der Waals surface area contributed by atoms with E-state index in [2.05, 4.69) is 26.3 Å². The summed E-state index contributed by atoms with van der Waals surface area (Å²) in [6.07, 6.45) is 4.67. The van der Waals surface area contributed by atoms with Crippen molar-refractivity contribution in [3.05, 3.63) is 40.6 Å². The molecule has 2 unspecified atom stereocenters. The van der Waals surface area contributed by atoms with Gasteiger partial charge in [-0.1, -0.05) is 15.9 Å². The lowest BCUT2D eigenvalue weighted by atomic mass is 10.2. The number of nitrogens with one attached hydrogen (secondary N) is 1. The third-order valence-electron chi connectivity index (χ3n) is 3.70. The van der Waals surface area contributed by atoms with Gasteiger partial charge in [0, 0.05) is 23.6 Å². The predicted molar refractivity (Wildman–Crippen MR) is 83.4 cm³/mol. The van der Waals surface area contributed by atoms with Crippen LogP contribution in [0.5, 0.6) is 5.75 Å². The van der Waals surface area contributed by atoms with E-state index in [1.807, 2.05) is 37.6 Å². The number of ether oxygens (including phenoxy) is 1. The SMILES string of the molecule is COc1ccc(Br)cc1NC(=O)C1CC1c1cnn(C)c1. The number of aromatic nitrogens is 2. The first-order valence-corrected chi connectivity index (χ1v) is 7.50. The lowest BCUT2D eigenvalue weighted by Gasteiger charge is -2.10. The molecule has 1 aromatic carbocycles. The second-order valence-electron chi connectivity index (χ2n) is 5.23. The standard InChI is InChI=1S/C15H16BrN3O2/c1-19-8-9(7-17-19)11-6-12(11)15(20)18-13-5-10(16)3-4-14(13)21-2/h3-5,7-8,11-12H,6H2,1-2H3,(H,18,20). The van der Waals surface area contributed by atoms with Crippen LogP contribution in [-0.2, 0) is 11.8 Å². The van der Waals surface area contributed by atoms with Gasteiger partial charge >= 0.3 is 0 Å². The number of halogens is 1. The molecule has 2 atom stereocenters. The quantitative estimate of drug-likeness (QED) is 0.923. The van der Waals surface area contributed by atoms with Gasteiger partial charge in [0.1, 0.15) is 5.75 Å². The first-order chi connectivity index (χ1) is 10.1. The first kappa shape index (κ1) is 14.1. The number of hydrogen-bond donors (Lipinski definition) is 1. The van der Waals surface area contributed by atoms with Crippen LogP contribution in [0.2, 0.25) is 0 Å². The molecule has 1 aliphatic carbocycles. The highest BCUT2D eigenvalue weighted by Gasteiger charge is 2.44. The Morgan fingerprint density at radius 2 is 2.33 bits per heavy atom. The van der Waals surface area contributed by atoms with Gasteiger partial charge in [0.25, 0.3) is 0 Å². The Hall–Kier alpha value is -1.82. The summed E-state index contributed by atoms with van der Waals surface area (Å²) in [6.45, 7) is 0. The second kappa shape index (κ2) is 5.52. The van der Waals surface area contributed by atoms with Crippen molar-refractivity contribution in [2.75, 3.05) is 12.4 Å². The van der Waals surface area contributed by atoms with Crippen LogP contribution in [0.4, 0.5) is 5.69 Å². The van der Waals surface area contributed by atoms with Crippen LogP contribution in [0.3, 0.4) is 0 Å². The van der Waals surface area contributed by atoms with Crippen LogP contribution in [0, 0.1) is 5.92 Å². The molecule has 1 fully saturated rings. The third-order valence-corrected chi connectivity index (χ3v) is 4.19. The number of anilines is 1. The highest BCUT2D eigenvalue weighted by Crippen LogP contribution is 2.48. The van der Waals surface area contributed by atoms with E-state index in [9.17, 15) is 4.79 Å². The maximum atomic E-state index is 12.3. The number of benzene rings is 1. The number of hydrogen-bond acceptors (Lipinski definition) is 3. The van der Waals surface area contributed by atoms with Crippen LogP contribution in [0.25, 0.3) is 0 Å². The van der Waals surface area contributed by atoms with Crippen LogP contribution in [0.1, 0.15) is 17.9 Å². The molecule has 1 aliphatic rings. The number of carbonyl (C=O) groups excluding carboxylic acids is 1. The molecule has 6 heteroatoms. The summed E-state index contributed by atoms with van der Waals surface area (Å²) in [7, 11) is 3.47. The van der Waals surface area contributed by atoms with E-state index in [1.54, 1.807) is 11.8 Å². The first-order valence-electron chi connectivity index (χ1n) is 6.71. The summed E-state index contributed by atoms with van der Waals surface area (Å²) < 4.78 is 7.93. The number of methoxy groups -OCH3 is 1. The molecule has 21 heavy (non-hydrogen) atoms. The number of amides is 1. The van der Waals surface area contributed by atoms with Gasteiger partial charge in [0.05, 0.1) is 19.0 Å². The molecule has 0 radical (unpaired) electrons. The minimum absolute atomic E-state index is 0.0119. The van der Waals surface area contributed by atoms with E-state index >= 15 is 0 Å². The van der Waals surface area contributed by atoms with E-state index in [4.69, 9.17) is 4.74 Å². The van der Waals surface area contributed by atoms with Gasteiger partial charge in [0.15, 0.2) is 0 Å². The molecule has 110 valence electrons. The van der Waals surface area contributed by atoms with Crippen molar-refractivity contribution in [1.29, 1.82) is 0 Å². The lowest BCUT2D eigenvalue weighted by molar-refractivity contribution is -0.117. The van der Waals surface area contributed by atoms with E-state index < -0.39 is 0 Å². The molecular weight excluding hydrogens is 334 g/mol. The number of aryl methyl sites for hydroxylation is 1. The molecule has 1 heterocycles. The fourth-order valence-electron chi connectivity index (χ4n) is 2.49. The molecule has 5 nitrogen and oxygen atoms in total. The largest absolute Gasteiger partial charge is 0.495 e. The van der Waals surface area contributed by atoms with Gasteiger partial charge in [-0.25, -0.2) is 0 Å². The zero-order valence-electron chi connectivity index (χ0n) is 11.8. The topological polar surface area (TPSA) is 56.1 Å². The van der Waals surface area contributed by atoms with Crippen molar-refractivity contribution >= 4 is 27.5 Å². The molecule has 1 aromatic heterocycles.